The average molecular weight is 902 g/mol. The van der Waals surface area contributed by atoms with E-state index in [9.17, 15) is 0 Å². The number of fused-ring (bicyclic) bond motifs is 16. The minimum absolute atomic E-state index is 1.26. The first kappa shape index (κ1) is 39.5. The van der Waals surface area contributed by atoms with Crippen LogP contribution in [-0.4, -0.2) is 32.3 Å². The summed E-state index contributed by atoms with van der Waals surface area (Å²) in [7, 11) is -8.03. The summed E-state index contributed by atoms with van der Waals surface area (Å²) >= 11 is 0. The summed E-state index contributed by atoms with van der Waals surface area (Å²) in [4.78, 5) is 2.59. The van der Waals surface area contributed by atoms with E-state index < -0.39 is 32.3 Å². The highest BCUT2D eigenvalue weighted by Gasteiger charge is 2.46. The SMILES string of the molecule is Cc1ccc(N(c2ccc3c(c2)[Si](C)(C)c2cc4c(cc2-3)[Si](C)(C)c2ccc3ccccc3c2-4)c2ccc3c(c2)[Si](C)(C)c2cc4c(cc2-3)[Si](C)(C)c2ccc3ccccc3c2-4)c(C)c1. The Labute approximate surface area is 388 Å². The fraction of sp³-hybridized carbons (Fsp3) is 0.167. The van der Waals surface area contributed by atoms with Gasteiger partial charge in [-0.1, -0.05) is 179 Å². The van der Waals surface area contributed by atoms with Gasteiger partial charge in [-0.3, -0.25) is 0 Å². The van der Waals surface area contributed by atoms with Gasteiger partial charge >= 0.3 is 0 Å². The van der Waals surface area contributed by atoms with Crippen LogP contribution in [-0.2, 0) is 0 Å². The van der Waals surface area contributed by atoms with Crippen LogP contribution in [0.25, 0.3) is 66.1 Å². The number of nitrogens with zero attached hydrogens (tertiary/aromatic N) is 1. The van der Waals surface area contributed by atoms with Crippen LogP contribution in [0.1, 0.15) is 11.1 Å². The van der Waals surface area contributed by atoms with Gasteiger partial charge < -0.3 is 4.90 Å². The minimum Gasteiger partial charge on any atom is -0.310 e. The molecule has 5 heteroatoms. The zero-order valence-corrected chi connectivity index (χ0v) is 43.4. The minimum atomic E-state index is -2.11. The molecule has 4 aliphatic heterocycles. The molecule has 0 fully saturated rings. The van der Waals surface area contributed by atoms with Gasteiger partial charge in [0.2, 0.25) is 0 Å². The van der Waals surface area contributed by atoms with E-state index in [4.69, 9.17) is 0 Å². The maximum atomic E-state index is 2.66. The first-order chi connectivity index (χ1) is 31.1. The average Bonchev–Trinajstić information content (AvgIpc) is 3.85. The van der Waals surface area contributed by atoms with Crippen molar-refractivity contribution in [3.05, 3.63) is 163 Å². The van der Waals surface area contributed by atoms with Crippen LogP contribution < -0.4 is 46.4 Å². The van der Waals surface area contributed by atoms with Crippen molar-refractivity contribution in [1.29, 1.82) is 0 Å². The zero-order valence-electron chi connectivity index (χ0n) is 39.4. The quantitative estimate of drug-likeness (QED) is 0.160. The third-order valence-corrected chi connectivity index (χ3v) is 30.9. The molecule has 0 spiro atoms. The number of rotatable bonds is 3. The molecule has 13 rings (SSSR count). The van der Waals surface area contributed by atoms with Crippen molar-refractivity contribution in [2.45, 2.75) is 66.2 Å². The van der Waals surface area contributed by atoms with Crippen LogP contribution in [0, 0.1) is 13.8 Å². The molecule has 0 saturated carbocycles. The van der Waals surface area contributed by atoms with Crippen molar-refractivity contribution < 1.29 is 0 Å². The fourth-order valence-electron chi connectivity index (χ4n) is 13.2. The van der Waals surface area contributed by atoms with Crippen LogP contribution >= 0.6 is 0 Å². The second-order valence-corrected chi connectivity index (χ2v) is 39.2. The van der Waals surface area contributed by atoms with Crippen LogP contribution in [0.2, 0.25) is 52.4 Å². The Balaban J connectivity index is 0.954. The Kier molecular flexibility index (Phi) is 7.87. The topological polar surface area (TPSA) is 3.24 Å². The molecule has 0 saturated heterocycles. The zero-order chi connectivity index (χ0) is 44.7. The highest BCUT2D eigenvalue weighted by Crippen LogP contribution is 2.44. The molecule has 0 amide bonds. The van der Waals surface area contributed by atoms with Crippen LogP contribution in [0.15, 0.2) is 152 Å². The van der Waals surface area contributed by atoms with Gasteiger partial charge in [0.1, 0.15) is 32.3 Å². The van der Waals surface area contributed by atoms with Gasteiger partial charge in [-0.25, -0.2) is 0 Å². The smallest absolute Gasteiger partial charge is 0.113 e. The number of hydrogen-bond acceptors (Lipinski definition) is 1. The largest absolute Gasteiger partial charge is 0.310 e. The molecule has 0 radical (unpaired) electrons. The predicted molar refractivity (Wildman–Crippen MR) is 294 cm³/mol. The Hall–Kier alpha value is -5.83. The van der Waals surface area contributed by atoms with E-state index in [1.165, 1.54) is 94.2 Å². The van der Waals surface area contributed by atoms with E-state index in [0.29, 0.717) is 0 Å². The summed E-state index contributed by atoms with van der Waals surface area (Å²) in [5.74, 6) is 0. The predicted octanol–water partition coefficient (Wildman–Crippen LogP) is 11.3. The van der Waals surface area contributed by atoms with Gasteiger partial charge in [-0.15, -0.1) is 0 Å². The summed E-state index contributed by atoms with van der Waals surface area (Å²) in [6.45, 7) is 25.2. The van der Waals surface area contributed by atoms with E-state index in [0.717, 1.165) is 0 Å². The van der Waals surface area contributed by atoms with Crippen molar-refractivity contribution >= 4 is 112 Å². The molecule has 316 valence electrons. The first-order valence-electron chi connectivity index (χ1n) is 23.7. The summed E-state index contributed by atoms with van der Waals surface area (Å²) in [6.07, 6.45) is 0. The lowest BCUT2D eigenvalue weighted by Crippen LogP contribution is -2.51. The Morgan fingerprint density at radius 2 is 0.723 bits per heavy atom. The summed E-state index contributed by atoms with van der Waals surface area (Å²) in [5, 5.41) is 18.2. The lowest BCUT2D eigenvalue weighted by molar-refractivity contribution is 1.24. The normalized spacial score (nSPS) is 16.6. The van der Waals surface area contributed by atoms with Gasteiger partial charge in [0.25, 0.3) is 0 Å². The number of benzene rings is 9. The third-order valence-electron chi connectivity index (χ3n) is 16.8. The van der Waals surface area contributed by atoms with E-state index >= 15 is 0 Å². The highest BCUT2D eigenvalue weighted by molar-refractivity contribution is 7.07. The van der Waals surface area contributed by atoms with Crippen molar-refractivity contribution in [3.8, 4) is 44.5 Å². The fourth-order valence-corrected chi connectivity index (χ4v) is 25.5. The number of hydrogen-bond donors (Lipinski definition) is 0. The van der Waals surface area contributed by atoms with E-state index in [2.05, 4.69) is 223 Å². The Morgan fingerprint density at radius 1 is 0.323 bits per heavy atom. The summed E-state index contributed by atoms with van der Waals surface area (Å²) in [5.41, 5.74) is 18.2. The van der Waals surface area contributed by atoms with Gasteiger partial charge in [-0.2, -0.15) is 0 Å². The molecule has 0 aromatic heterocycles. The van der Waals surface area contributed by atoms with Crippen molar-refractivity contribution in [1.82, 2.24) is 0 Å². The van der Waals surface area contributed by atoms with Gasteiger partial charge in [0, 0.05) is 17.1 Å². The maximum absolute atomic E-state index is 2.66. The molecule has 4 heterocycles. The van der Waals surface area contributed by atoms with Gasteiger partial charge in [0.05, 0.1) is 0 Å². The third kappa shape index (κ3) is 5.13. The molecule has 4 aliphatic rings. The second kappa shape index (κ2) is 12.9. The Bertz CT molecular complexity index is 3430. The van der Waals surface area contributed by atoms with Crippen LogP contribution in [0.4, 0.5) is 17.1 Å². The molecule has 0 aliphatic carbocycles. The highest BCUT2D eigenvalue weighted by atomic mass is 28.3. The molecule has 9 aromatic carbocycles. The molecule has 65 heavy (non-hydrogen) atoms. The lowest BCUT2D eigenvalue weighted by Gasteiger charge is -2.30. The summed E-state index contributed by atoms with van der Waals surface area (Å²) in [6, 6.07) is 60.4. The molecule has 0 unspecified atom stereocenters. The molecule has 1 nitrogen and oxygen atoms in total. The second-order valence-electron chi connectivity index (χ2n) is 21.9. The summed E-state index contributed by atoms with van der Waals surface area (Å²) < 4.78 is 0. The van der Waals surface area contributed by atoms with Crippen molar-refractivity contribution in [3.63, 3.8) is 0 Å². The van der Waals surface area contributed by atoms with Gasteiger partial charge in [-0.05, 0) is 157 Å². The lowest BCUT2D eigenvalue weighted by atomic mass is 9.96. The molecular weight excluding hydrogens is 847 g/mol. The maximum Gasteiger partial charge on any atom is 0.113 e. The van der Waals surface area contributed by atoms with E-state index in [1.54, 1.807) is 41.5 Å². The molecule has 0 atom stereocenters. The number of anilines is 3. The van der Waals surface area contributed by atoms with E-state index in [-0.39, 0.29) is 0 Å². The first-order valence-corrected chi connectivity index (χ1v) is 35.7. The van der Waals surface area contributed by atoms with Gasteiger partial charge in [0.15, 0.2) is 0 Å². The standard InChI is InChI=1S/C60H55NSi4/c1-36-19-26-50(37(2)29-36)61(40-22-24-44-46-32-57-48(34-55(46)64(7,8)53(44)30-40)59-42-17-13-11-15-38(42)20-27-51(59)62(57,3)4)41-23-25-45-47-33-58-49(35-56(47)65(9,10)54(45)31-41)60-43-18-14-12-16-39(43)21-28-52(60)63(58,5)6/h11-35H,1-10H3. The van der Waals surface area contributed by atoms with Crippen LogP contribution in [0.3, 0.4) is 0 Å². The molecule has 0 N–H and O–H groups in total. The molecular formula is C60H55NSi4. The Morgan fingerprint density at radius 3 is 1.18 bits per heavy atom. The van der Waals surface area contributed by atoms with Crippen molar-refractivity contribution in [2.24, 2.45) is 0 Å². The van der Waals surface area contributed by atoms with E-state index in [1.807, 2.05) is 0 Å². The monoisotopic (exact) mass is 901 g/mol. The molecule has 9 aromatic rings. The number of aryl methyl sites for hydroxylation is 2. The van der Waals surface area contributed by atoms with Crippen molar-refractivity contribution in [2.75, 3.05) is 4.90 Å². The molecule has 0 bridgehead atoms. The van der Waals surface area contributed by atoms with Crippen LogP contribution in [0.5, 0.6) is 0 Å².